The van der Waals surface area contributed by atoms with E-state index < -0.39 is 0 Å². The van der Waals surface area contributed by atoms with Gasteiger partial charge in [0.1, 0.15) is 0 Å². The molecule has 0 saturated carbocycles. The zero-order chi connectivity index (χ0) is 15.8. The number of unbranched alkanes of at least 4 members (excludes halogenated alkanes) is 1. The van der Waals surface area contributed by atoms with Crippen molar-refractivity contribution in [2.45, 2.75) is 38.6 Å². The van der Waals surface area contributed by atoms with Gasteiger partial charge in [0.2, 0.25) is 5.91 Å². The molecule has 0 aromatic heterocycles. The van der Waals surface area contributed by atoms with E-state index in [1.165, 1.54) is 24.6 Å². The molecule has 127 valence electrons. The summed E-state index contributed by atoms with van der Waals surface area (Å²) in [5.74, 6) is 0.0758. The molecule has 1 atom stereocenters. The van der Waals surface area contributed by atoms with Gasteiger partial charge in [-0.3, -0.25) is 14.8 Å². The molecule has 0 bridgehead atoms. The van der Waals surface area contributed by atoms with Crippen LogP contribution in [0.15, 0.2) is 34.7 Å². The molecule has 3 N–H and O–H groups in total. The van der Waals surface area contributed by atoms with E-state index in [2.05, 4.69) is 15.3 Å². The molecule has 0 fully saturated rings. The van der Waals surface area contributed by atoms with Gasteiger partial charge in [0.15, 0.2) is 0 Å². The Morgan fingerprint density at radius 3 is 2.50 bits per heavy atom. The molecule has 0 aliphatic rings. The number of aliphatic hydroxyl groups is 2. The number of amides is 1. The van der Waals surface area contributed by atoms with E-state index in [0.717, 1.165) is 31.8 Å². The summed E-state index contributed by atoms with van der Waals surface area (Å²) in [6, 6.07) is -0.00113. The van der Waals surface area contributed by atoms with Crippen LogP contribution in [0.1, 0.15) is 32.6 Å². The molecule has 0 aromatic rings. The predicted octanol–water partition coefficient (Wildman–Crippen LogP) is 2.33. The van der Waals surface area contributed by atoms with Crippen molar-refractivity contribution in [2.75, 3.05) is 13.1 Å². The van der Waals surface area contributed by atoms with Crippen molar-refractivity contribution in [2.24, 2.45) is 9.98 Å². The van der Waals surface area contributed by atoms with E-state index in [-0.39, 0.29) is 28.7 Å². The van der Waals surface area contributed by atoms with Gasteiger partial charge in [-0.05, 0) is 31.9 Å². The number of aliphatic hydroxyl groups excluding tert-OH is 2. The first-order valence-electron chi connectivity index (χ1n) is 7.13. The SMILES string of the molecule is CCNC(=O)CCCCC(CN=CC=CO)N=CC=CO.[Co]. The standard InChI is InChI=1S/C15H25N3O3.Co/c1-2-17-15(21)8-4-3-7-14(18-10-6-12-20)13-16-9-5-11-19;/h5-6,9-12,14,19-20H,2-4,7-8,13H2,1H3,(H,17,21);. The fourth-order valence-electron chi connectivity index (χ4n) is 1.66. The van der Waals surface area contributed by atoms with Crippen molar-refractivity contribution in [3.8, 4) is 0 Å². The summed E-state index contributed by atoms with van der Waals surface area (Å²) in [6.07, 6.45) is 10.8. The summed E-state index contributed by atoms with van der Waals surface area (Å²) >= 11 is 0. The Bertz CT molecular complexity index is 382. The molecule has 0 aromatic carbocycles. The molecule has 22 heavy (non-hydrogen) atoms. The van der Waals surface area contributed by atoms with Crippen molar-refractivity contribution in [1.29, 1.82) is 0 Å². The minimum Gasteiger partial charge on any atom is -0.516 e. The van der Waals surface area contributed by atoms with Crippen LogP contribution in [0.5, 0.6) is 0 Å². The summed E-state index contributed by atoms with van der Waals surface area (Å²) < 4.78 is 0. The third kappa shape index (κ3) is 14.8. The average Bonchev–Trinajstić information content (AvgIpc) is 2.47. The second kappa shape index (κ2) is 17.4. The third-order valence-corrected chi connectivity index (χ3v) is 2.63. The molecule has 0 heterocycles. The number of rotatable bonds is 11. The summed E-state index contributed by atoms with van der Waals surface area (Å²) in [5, 5.41) is 19.8. The van der Waals surface area contributed by atoms with Crippen molar-refractivity contribution in [3.63, 3.8) is 0 Å². The van der Waals surface area contributed by atoms with Gasteiger partial charge in [0.05, 0.1) is 25.1 Å². The van der Waals surface area contributed by atoms with Crippen LogP contribution in [0.2, 0.25) is 0 Å². The number of carbonyl (C=O) groups is 1. The van der Waals surface area contributed by atoms with Crippen molar-refractivity contribution in [3.05, 3.63) is 24.7 Å². The minimum atomic E-state index is -0.00113. The Morgan fingerprint density at radius 1 is 1.18 bits per heavy atom. The van der Waals surface area contributed by atoms with E-state index in [1.54, 1.807) is 0 Å². The number of nitrogens with one attached hydrogen (secondary N) is 1. The van der Waals surface area contributed by atoms with Crippen LogP contribution in [-0.2, 0) is 21.6 Å². The summed E-state index contributed by atoms with van der Waals surface area (Å²) in [4.78, 5) is 19.7. The van der Waals surface area contributed by atoms with E-state index in [0.29, 0.717) is 19.5 Å². The number of nitrogens with zero attached hydrogens (tertiary/aromatic N) is 2. The van der Waals surface area contributed by atoms with E-state index in [1.807, 2.05) is 6.92 Å². The van der Waals surface area contributed by atoms with Gasteiger partial charge < -0.3 is 15.5 Å². The molecule has 7 heteroatoms. The molecule has 0 saturated heterocycles. The molecule has 0 aliphatic carbocycles. The number of allylic oxidation sites excluding steroid dienone is 2. The van der Waals surface area contributed by atoms with E-state index in [9.17, 15) is 4.79 Å². The van der Waals surface area contributed by atoms with Crippen molar-refractivity contribution < 1.29 is 31.8 Å². The maximum atomic E-state index is 11.3. The van der Waals surface area contributed by atoms with Gasteiger partial charge in [-0.15, -0.1) is 0 Å². The fraction of sp³-hybridized carbons (Fsp3) is 0.533. The summed E-state index contributed by atoms with van der Waals surface area (Å²) in [5.41, 5.74) is 0. The molecule has 0 spiro atoms. The molecular weight excluding hydrogens is 329 g/mol. The molecule has 1 amide bonds. The number of aliphatic imine (C=N–C) groups is 2. The van der Waals surface area contributed by atoms with E-state index >= 15 is 0 Å². The number of hydrogen-bond acceptors (Lipinski definition) is 5. The predicted molar refractivity (Wildman–Crippen MR) is 86.3 cm³/mol. The topological polar surface area (TPSA) is 94.3 Å². The summed E-state index contributed by atoms with van der Waals surface area (Å²) in [6.45, 7) is 3.06. The van der Waals surface area contributed by atoms with Crippen LogP contribution in [0.4, 0.5) is 0 Å². The van der Waals surface area contributed by atoms with Gasteiger partial charge in [-0.1, -0.05) is 6.42 Å². The van der Waals surface area contributed by atoms with Gasteiger partial charge in [0.25, 0.3) is 0 Å². The first-order valence-corrected chi connectivity index (χ1v) is 7.13. The second-order valence-electron chi connectivity index (χ2n) is 4.35. The maximum Gasteiger partial charge on any atom is 0.219 e. The molecule has 1 unspecified atom stereocenters. The van der Waals surface area contributed by atoms with Crippen LogP contribution < -0.4 is 5.32 Å². The Morgan fingerprint density at radius 2 is 1.86 bits per heavy atom. The minimum absolute atomic E-state index is 0. The van der Waals surface area contributed by atoms with Crippen LogP contribution >= 0.6 is 0 Å². The van der Waals surface area contributed by atoms with E-state index in [4.69, 9.17) is 10.2 Å². The van der Waals surface area contributed by atoms with Crippen LogP contribution in [-0.4, -0.2) is 47.7 Å². The number of hydrogen-bond donors (Lipinski definition) is 3. The Balaban J connectivity index is 0. The number of carbonyl (C=O) groups excluding carboxylic acids is 1. The zero-order valence-corrected chi connectivity index (χ0v) is 13.9. The third-order valence-electron chi connectivity index (χ3n) is 2.63. The summed E-state index contributed by atoms with van der Waals surface area (Å²) in [7, 11) is 0. The molecule has 0 aliphatic heterocycles. The molecule has 1 radical (unpaired) electrons. The fourth-order valence-corrected chi connectivity index (χ4v) is 1.66. The van der Waals surface area contributed by atoms with Gasteiger partial charge in [-0.25, -0.2) is 0 Å². The van der Waals surface area contributed by atoms with Gasteiger partial charge >= 0.3 is 0 Å². The first kappa shape index (κ1) is 22.7. The average molecular weight is 354 g/mol. The van der Waals surface area contributed by atoms with Gasteiger partial charge in [0, 0.05) is 42.2 Å². The first-order chi connectivity index (χ1) is 10.2. The molecule has 0 rings (SSSR count). The Hall–Kier alpha value is -1.60. The van der Waals surface area contributed by atoms with Gasteiger partial charge in [-0.2, -0.15) is 0 Å². The quantitative estimate of drug-likeness (QED) is 0.302. The van der Waals surface area contributed by atoms with Crippen LogP contribution in [0, 0.1) is 0 Å². The molecule has 6 nitrogen and oxygen atoms in total. The van der Waals surface area contributed by atoms with Crippen molar-refractivity contribution in [1.82, 2.24) is 5.32 Å². The normalized spacial score (nSPS) is 13.1. The Labute approximate surface area is 142 Å². The molecular formula is C15H25CoN3O3. The van der Waals surface area contributed by atoms with Crippen molar-refractivity contribution >= 4 is 18.3 Å². The Kier molecular flexibility index (Phi) is 18.0. The second-order valence-corrected chi connectivity index (χ2v) is 4.35. The van der Waals surface area contributed by atoms with Crippen LogP contribution in [0.25, 0.3) is 0 Å². The largest absolute Gasteiger partial charge is 0.516 e. The smallest absolute Gasteiger partial charge is 0.219 e. The van der Waals surface area contributed by atoms with Crippen LogP contribution in [0.3, 0.4) is 0 Å². The zero-order valence-electron chi connectivity index (χ0n) is 12.8. The monoisotopic (exact) mass is 354 g/mol. The maximum absolute atomic E-state index is 11.3.